The van der Waals surface area contributed by atoms with Crippen LogP contribution in [0.2, 0.25) is 0 Å². The van der Waals surface area contributed by atoms with E-state index in [9.17, 15) is 4.79 Å². The molecular weight excluding hydrogens is 326 g/mol. The molecule has 2 aromatic rings. The van der Waals surface area contributed by atoms with Crippen LogP contribution in [0.4, 0.5) is 0 Å². The van der Waals surface area contributed by atoms with Crippen LogP contribution in [0.3, 0.4) is 0 Å². The van der Waals surface area contributed by atoms with Gasteiger partial charge in [-0.25, -0.2) is 0 Å². The first-order valence-corrected chi connectivity index (χ1v) is 9.62. The number of hydrogen-bond acceptors (Lipinski definition) is 3. The maximum atomic E-state index is 12.7. The lowest BCUT2D eigenvalue weighted by Gasteiger charge is -2.43. The third-order valence-corrected chi connectivity index (χ3v) is 6.15. The largest absolute Gasteiger partial charge is 0.484 e. The minimum Gasteiger partial charge on any atom is -0.484 e. The van der Waals surface area contributed by atoms with Gasteiger partial charge in [0.05, 0.1) is 6.10 Å². The maximum absolute atomic E-state index is 12.7. The van der Waals surface area contributed by atoms with Crippen molar-refractivity contribution in [1.82, 2.24) is 4.90 Å². The second-order valence-corrected chi connectivity index (χ2v) is 7.70. The van der Waals surface area contributed by atoms with Crippen molar-refractivity contribution in [3.05, 3.63) is 42.5 Å². The molecule has 2 aromatic carbocycles. The molecule has 4 rings (SSSR count). The van der Waals surface area contributed by atoms with E-state index in [0.29, 0.717) is 6.10 Å². The van der Waals surface area contributed by atoms with E-state index < -0.39 is 0 Å². The number of methoxy groups -OCH3 is 1. The number of amides is 1. The molecule has 4 heteroatoms. The number of hydrogen-bond donors (Lipinski definition) is 0. The summed E-state index contributed by atoms with van der Waals surface area (Å²) in [5.74, 6) is 0.832. The maximum Gasteiger partial charge on any atom is 0.260 e. The van der Waals surface area contributed by atoms with Crippen LogP contribution in [0.1, 0.15) is 32.1 Å². The van der Waals surface area contributed by atoms with Crippen molar-refractivity contribution < 1.29 is 14.3 Å². The third kappa shape index (κ3) is 3.30. The summed E-state index contributed by atoms with van der Waals surface area (Å²) in [6.07, 6.45) is 6.00. The number of fused-ring (bicyclic) bond motifs is 1. The second kappa shape index (κ2) is 7.28. The first-order valence-electron chi connectivity index (χ1n) is 9.62. The molecule has 1 amide bonds. The van der Waals surface area contributed by atoms with Gasteiger partial charge in [0, 0.05) is 25.6 Å². The normalized spacial score (nSPS) is 25.7. The van der Waals surface area contributed by atoms with Gasteiger partial charge in [-0.05, 0) is 48.6 Å². The molecule has 2 atom stereocenters. The quantitative estimate of drug-likeness (QED) is 0.833. The molecule has 0 aromatic heterocycles. The van der Waals surface area contributed by atoms with Gasteiger partial charge in [-0.2, -0.15) is 0 Å². The highest BCUT2D eigenvalue weighted by Gasteiger charge is 2.46. The number of ether oxygens (including phenoxy) is 2. The summed E-state index contributed by atoms with van der Waals surface area (Å²) in [4.78, 5) is 14.7. The Morgan fingerprint density at radius 1 is 1.15 bits per heavy atom. The molecule has 0 bridgehead atoms. The molecule has 4 nitrogen and oxygen atoms in total. The minimum absolute atomic E-state index is 0.0824. The molecule has 1 heterocycles. The summed E-state index contributed by atoms with van der Waals surface area (Å²) in [6, 6.07) is 14.1. The Balaban J connectivity index is 1.39. The zero-order valence-electron chi connectivity index (χ0n) is 15.4. The number of nitrogens with zero attached hydrogens (tertiary/aromatic N) is 1. The van der Waals surface area contributed by atoms with Crippen LogP contribution in [-0.2, 0) is 9.53 Å². The van der Waals surface area contributed by atoms with Gasteiger partial charge in [0.25, 0.3) is 5.91 Å². The fourth-order valence-corrected chi connectivity index (χ4v) is 4.81. The Bertz CT molecular complexity index is 790. The molecule has 1 saturated heterocycles. The Morgan fingerprint density at radius 2 is 1.96 bits per heavy atom. The number of likely N-dealkylation sites (tertiary alicyclic amines) is 1. The monoisotopic (exact) mass is 353 g/mol. The number of rotatable bonds is 4. The van der Waals surface area contributed by atoms with E-state index in [1.54, 1.807) is 7.11 Å². The lowest BCUT2D eigenvalue weighted by Crippen LogP contribution is -2.50. The van der Waals surface area contributed by atoms with Gasteiger partial charge in [-0.1, -0.05) is 36.8 Å². The first-order chi connectivity index (χ1) is 12.7. The molecule has 0 unspecified atom stereocenters. The fraction of sp³-hybridized carbons (Fsp3) is 0.500. The summed E-state index contributed by atoms with van der Waals surface area (Å²) in [7, 11) is 1.81. The molecule has 1 aliphatic carbocycles. The van der Waals surface area contributed by atoms with Crippen molar-refractivity contribution in [2.45, 2.75) is 38.2 Å². The van der Waals surface area contributed by atoms with E-state index in [1.165, 1.54) is 24.6 Å². The Hall–Kier alpha value is -2.07. The van der Waals surface area contributed by atoms with Gasteiger partial charge >= 0.3 is 0 Å². The topological polar surface area (TPSA) is 38.8 Å². The van der Waals surface area contributed by atoms with Gasteiger partial charge in [0.15, 0.2) is 6.61 Å². The van der Waals surface area contributed by atoms with Crippen LogP contribution >= 0.6 is 0 Å². The van der Waals surface area contributed by atoms with Gasteiger partial charge < -0.3 is 14.4 Å². The van der Waals surface area contributed by atoms with Crippen LogP contribution in [0.5, 0.6) is 5.75 Å². The average molecular weight is 353 g/mol. The Labute approximate surface area is 155 Å². The summed E-state index contributed by atoms with van der Waals surface area (Å²) in [6.45, 7) is 1.75. The lowest BCUT2D eigenvalue weighted by atomic mass is 9.76. The zero-order valence-corrected chi connectivity index (χ0v) is 15.4. The molecule has 2 fully saturated rings. The molecule has 1 saturated carbocycles. The van der Waals surface area contributed by atoms with E-state index in [0.717, 1.165) is 37.1 Å². The predicted molar refractivity (Wildman–Crippen MR) is 102 cm³/mol. The lowest BCUT2D eigenvalue weighted by molar-refractivity contribution is -0.139. The third-order valence-electron chi connectivity index (χ3n) is 6.15. The Kier molecular flexibility index (Phi) is 4.86. The smallest absolute Gasteiger partial charge is 0.260 e. The minimum atomic E-state index is 0.0824. The van der Waals surface area contributed by atoms with Gasteiger partial charge in [0.2, 0.25) is 0 Å². The molecule has 0 N–H and O–H groups in total. The van der Waals surface area contributed by atoms with Crippen LogP contribution in [-0.4, -0.2) is 43.7 Å². The summed E-state index contributed by atoms with van der Waals surface area (Å²) >= 11 is 0. The van der Waals surface area contributed by atoms with Crippen LogP contribution < -0.4 is 4.74 Å². The molecule has 138 valence electrons. The van der Waals surface area contributed by atoms with Gasteiger partial charge in [-0.3, -0.25) is 4.79 Å². The van der Waals surface area contributed by atoms with E-state index >= 15 is 0 Å². The standard InChI is InChI=1S/C22H27NO3/c1-25-20-8-4-11-22(20)12-5-13-23(16-22)21(24)15-26-19-10-9-17-6-2-3-7-18(17)14-19/h2-3,6-7,9-10,14,20H,4-5,8,11-13,15-16H2,1H3/t20-,22-/m1/s1. The van der Waals surface area contributed by atoms with Crippen molar-refractivity contribution >= 4 is 16.7 Å². The van der Waals surface area contributed by atoms with Gasteiger partial charge in [-0.15, -0.1) is 0 Å². The molecule has 0 radical (unpaired) electrons. The van der Waals surface area contributed by atoms with E-state index in [4.69, 9.17) is 9.47 Å². The molecule has 1 spiro atoms. The van der Waals surface area contributed by atoms with Crippen LogP contribution in [0, 0.1) is 5.41 Å². The predicted octanol–water partition coefficient (Wildman–Crippen LogP) is 4.03. The van der Waals surface area contributed by atoms with Crippen LogP contribution in [0.25, 0.3) is 10.8 Å². The van der Waals surface area contributed by atoms with Crippen LogP contribution in [0.15, 0.2) is 42.5 Å². The summed E-state index contributed by atoms with van der Waals surface area (Å²) < 4.78 is 11.5. The average Bonchev–Trinajstić information content (AvgIpc) is 3.07. The van der Waals surface area contributed by atoms with Crippen molar-refractivity contribution in [1.29, 1.82) is 0 Å². The summed E-state index contributed by atoms with van der Waals surface area (Å²) in [5.41, 5.74) is 0.158. The molecule has 2 aliphatic rings. The SMILES string of the molecule is CO[C@@H]1CCC[C@]12CCCN(C(=O)COc1ccc3ccccc3c1)C2. The summed E-state index contributed by atoms with van der Waals surface area (Å²) in [5, 5.41) is 2.30. The molecule has 26 heavy (non-hydrogen) atoms. The zero-order chi connectivity index (χ0) is 18.0. The van der Waals surface area contributed by atoms with Crippen molar-refractivity contribution in [2.75, 3.05) is 26.8 Å². The molecule has 1 aliphatic heterocycles. The number of piperidine rings is 1. The highest BCUT2D eigenvalue weighted by Crippen LogP contribution is 2.46. The number of carbonyl (C=O) groups is 1. The van der Waals surface area contributed by atoms with E-state index in [-0.39, 0.29) is 17.9 Å². The Morgan fingerprint density at radius 3 is 2.81 bits per heavy atom. The first kappa shape index (κ1) is 17.3. The van der Waals surface area contributed by atoms with Crippen molar-refractivity contribution in [3.8, 4) is 5.75 Å². The van der Waals surface area contributed by atoms with Crippen molar-refractivity contribution in [2.24, 2.45) is 5.41 Å². The van der Waals surface area contributed by atoms with E-state index in [2.05, 4.69) is 12.1 Å². The number of benzene rings is 2. The van der Waals surface area contributed by atoms with E-state index in [1.807, 2.05) is 35.2 Å². The highest BCUT2D eigenvalue weighted by atomic mass is 16.5. The highest BCUT2D eigenvalue weighted by molar-refractivity contribution is 5.84. The van der Waals surface area contributed by atoms with Gasteiger partial charge in [0.1, 0.15) is 5.75 Å². The molecular formula is C22H27NO3. The second-order valence-electron chi connectivity index (χ2n) is 7.70. The number of carbonyl (C=O) groups excluding carboxylic acids is 1. The van der Waals surface area contributed by atoms with Crippen molar-refractivity contribution in [3.63, 3.8) is 0 Å². The fourth-order valence-electron chi connectivity index (χ4n) is 4.81.